The molecule has 0 aliphatic heterocycles. The van der Waals surface area contributed by atoms with Crippen molar-refractivity contribution in [3.63, 3.8) is 0 Å². The molecule has 7 nitrogen and oxygen atoms in total. The molecule has 23 heavy (non-hydrogen) atoms. The van der Waals surface area contributed by atoms with E-state index in [9.17, 15) is 9.59 Å². The van der Waals surface area contributed by atoms with E-state index in [1.807, 2.05) is 37.4 Å². The molecule has 2 aromatic heterocycles. The lowest BCUT2D eigenvalue weighted by Gasteiger charge is -2.17. The molecule has 3 aromatic rings. The van der Waals surface area contributed by atoms with Crippen molar-refractivity contribution < 1.29 is 0 Å². The second kappa shape index (κ2) is 5.85. The van der Waals surface area contributed by atoms with E-state index in [0.29, 0.717) is 17.7 Å². The lowest BCUT2D eigenvalue weighted by atomic mass is 10.1. The predicted molar refractivity (Wildman–Crippen MR) is 88.5 cm³/mol. The SMILES string of the molecule is CNC(Cn1cnc2c1c(=O)n(C)c(=O)n2C)c1ccccc1. The largest absolute Gasteiger partial charge is 0.332 e. The molecule has 1 unspecified atom stereocenters. The minimum absolute atomic E-state index is 0.0375. The van der Waals surface area contributed by atoms with Gasteiger partial charge in [0.25, 0.3) is 5.56 Å². The molecule has 0 saturated carbocycles. The van der Waals surface area contributed by atoms with Gasteiger partial charge in [0.2, 0.25) is 0 Å². The first-order valence-electron chi connectivity index (χ1n) is 7.37. The Labute approximate surface area is 132 Å². The second-order valence-corrected chi connectivity index (χ2v) is 5.53. The molecule has 2 heterocycles. The topological polar surface area (TPSA) is 73.8 Å². The molecule has 0 amide bonds. The van der Waals surface area contributed by atoms with Crippen molar-refractivity contribution in [2.24, 2.45) is 14.1 Å². The highest BCUT2D eigenvalue weighted by molar-refractivity contribution is 5.69. The molecule has 120 valence electrons. The van der Waals surface area contributed by atoms with Crippen LogP contribution in [0.2, 0.25) is 0 Å². The number of nitrogens with one attached hydrogen (secondary N) is 1. The van der Waals surface area contributed by atoms with E-state index in [2.05, 4.69) is 10.3 Å². The number of hydrogen-bond donors (Lipinski definition) is 1. The Kier molecular flexibility index (Phi) is 3.87. The van der Waals surface area contributed by atoms with Crippen LogP contribution in [0.25, 0.3) is 11.2 Å². The monoisotopic (exact) mass is 313 g/mol. The fourth-order valence-corrected chi connectivity index (χ4v) is 2.78. The molecule has 0 spiro atoms. The van der Waals surface area contributed by atoms with Crippen molar-refractivity contribution >= 4 is 11.2 Å². The highest BCUT2D eigenvalue weighted by Crippen LogP contribution is 2.16. The first-order chi connectivity index (χ1) is 11.0. The van der Waals surface area contributed by atoms with Gasteiger partial charge in [-0.15, -0.1) is 0 Å². The van der Waals surface area contributed by atoms with Crippen LogP contribution in [0.3, 0.4) is 0 Å². The fraction of sp³-hybridized carbons (Fsp3) is 0.312. The first-order valence-corrected chi connectivity index (χ1v) is 7.37. The number of rotatable bonds is 4. The third-order valence-corrected chi connectivity index (χ3v) is 4.15. The van der Waals surface area contributed by atoms with Gasteiger partial charge in [0.1, 0.15) is 0 Å². The molecule has 7 heteroatoms. The molecule has 1 N–H and O–H groups in total. The van der Waals surface area contributed by atoms with Crippen molar-refractivity contribution in [1.82, 2.24) is 24.0 Å². The summed E-state index contributed by atoms with van der Waals surface area (Å²) in [4.78, 5) is 28.7. The van der Waals surface area contributed by atoms with Crippen molar-refractivity contribution in [3.8, 4) is 0 Å². The van der Waals surface area contributed by atoms with E-state index in [4.69, 9.17) is 0 Å². The number of benzene rings is 1. The van der Waals surface area contributed by atoms with Crippen LogP contribution in [0, 0.1) is 0 Å². The third-order valence-electron chi connectivity index (χ3n) is 4.15. The van der Waals surface area contributed by atoms with Gasteiger partial charge in [-0.25, -0.2) is 9.78 Å². The number of likely N-dealkylation sites (N-methyl/N-ethyl adjacent to an activating group) is 1. The quantitative estimate of drug-likeness (QED) is 0.756. The molecule has 0 saturated heterocycles. The molecular weight excluding hydrogens is 294 g/mol. The third kappa shape index (κ3) is 2.49. The maximum atomic E-state index is 12.5. The van der Waals surface area contributed by atoms with Crippen LogP contribution in [0.4, 0.5) is 0 Å². The van der Waals surface area contributed by atoms with Gasteiger partial charge < -0.3 is 9.88 Å². The Hall–Kier alpha value is -2.67. The molecule has 0 bridgehead atoms. The number of nitrogens with zero attached hydrogens (tertiary/aromatic N) is 4. The standard InChI is InChI=1S/C16H19N5O2/c1-17-12(11-7-5-4-6-8-11)9-21-10-18-14-13(21)15(22)20(3)16(23)19(14)2/h4-8,10,12,17H,9H2,1-3H3. The fourth-order valence-electron chi connectivity index (χ4n) is 2.78. The Morgan fingerprint density at radius 1 is 1.13 bits per heavy atom. The van der Waals surface area contributed by atoms with Gasteiger partial charge in [0, 0.05) is 20.6 Å². The van der Waals surface area contributed by atoms with E-state index in [0.717, 1.165) is 10.1 Å². The average Bonchev–Trinajstić information content (AvgIpc) is 3.00. The number of aryl methyl sites for hydroxylation is 1. The smallest absolute Gasteiger partial charge is 0.323 e. The highest BCUT2D eigenvalue weighted by atomic mass is 16.2. The summed E-state index contributed by atoms with van der Waals surface area (Å²) in [5, 5.41) is 3.26. The molecule has 3 rings (SSSR count). The number of fused-ring (bicyclic) bond motifs is 1. The Morgan fingerprint density at radius 2 is 1.83 bits per heavy atom. The van der Waals surface area contributed by atoms with Crippen LogP contribution >= 0.6 is 0 Å². The summed E-state index contributed by atoms with van der Waals surface area (Å²) in [5.41, 5.74) is 1.26. The molecular formula is C16H19N5O2. The minimum atomic E-state index is -0.374. The molecule has 0 radical (unpaired) electrons. The molecule has 0 aliphatic carbocycles. The zero-order valence-electron chi connectivity index (χ0n) is 13.4. The molecule has 1 atom stereocenters. The van der Waals surface area contributed by atoms with E-state index in [1.54, 1.807) is 17.9 Å². The van der Waals surface area contributed by atoms with Gasteiger partial charge in [-0.05, 0) is 12.6 Å². The van der Waals surface area contributed by atoms with E-state index in [1.165, 1.54) is 11.6 Å². The van der Waals surface area contributed by atoms with Gasteiger partial charge in [0.05, 0.1) is 12.4 Å². The minimum Gasteiger partial charge on any atom is -0.323 e. The Bertz CT molecular complexity index is 952. The van der Waals surface area contributed by atoms with Crippen molar-refractivity contribution in [2.75, 3.05) is 7.05 Å². The number of aromatic nitrogens is 4. The predicted octanol–water partition coefficient (Wildman–Crippen LogP) is 0.394. The zero-order valence-corrected chi connectivity index (χ0v) is 13.4. The van der Waals surface area contributed by atoms with Crippen LogP contribution in [0.1, 0.15) is 11.6 Å². The summed E-state index contributed by atoms with van der Waals surface area (Å²) >= 11 is 0. The van der Waals surface area contributed by atoms with Crippen LogP contribution < -0.4 is 16.6 Å². The number of hydrogen-bond acceptors (Lipinski definition) is 4. The Balaban J connectivity index is 2.11. The molecule has 0 fully saturated rings. The van der Waals surface area contributed by atoms with Gasteiger partial charge in [-0.3, -0.25) is 13.9 Å². The lowest BCUT2D eigenvalue weighted by molar-refractivity contribution is 0.506. The molecule has 0 aliphatic rings. The maximum absolute atomic E-state index is 12.5. The Morgan fingerprint density at radius 3 is 2.48 bits per heavy atom. The van der Waals surface area contributed by atoms with E-state index >= 15 is 0 Å². The van der Waals surface area contributed by atoms with Crippen molar-refractivity contribution in [3.05, 3.63) is 63.1 Å². The summed E-state index contributed by atoms with van der Waals surface area (Å²) in [6, 6.07) is 10.0. The summed E-state index contributed by atoms with van der Waals surface area (Å²) in [5.74, 6) is 0. The zero-order chi connectivity index (χ0) is 16.6. The maximum Gasteiger partial charge on any atom is 0.332 e. The van der Waals surface area contributed by atoms with Gasteiger partial charge in [-0.1, -0.05) is 30.3 Å². The number of imidazole rings is 1. The van der Waals surface area contributed by atoms with E-state index < -0.39 is 0 Å². The van der Waals surface area contributed by atoms with Crippen molar-refractivity contribution in [1.29, 1.82) is 0 Å². The average molecular weight is 313 g/mol. The van der Waals surface area contributed by atoms with Crippen LogP contribution in [-0.2, 0) is 20.6 Å². The van der Waals surface area contributed by atoms with Crippen LogP contribution in [0.5, 0.6) is 0 Å². The second-order valence-electron chi connectivity index (χ2n) is 5.53. The summed E-state index contributed by atoms with van der Waals surface area (Å²) in [6.45, 7) is 0.546. The molecule has 1 aromatic carbocycles. The van der Waals surface area contributed by atoms with Crippen molar-refractivity contribution in [2.45, 2.75) is 12.6 Å². The highest BCUT2D eigenvalue weighted by Gasteiger charge is 2.17. The summed E-state index contributed by atoms with van der Waals surface area (Å²) in [6.07, 6.45) is 1.61. The van der Waals surface area contributed by atoms with E-state index in [-0.39, 0.29) is 17.3 Å². The normalized spacial score (nSPS) is 12.7. The first kappa shape index (κ1) is 15.2. The van der Waals surface area contributed by atoms with Crippen LogP contribution in [0.15, 0.2) is 46.2 Å². The summed E-state index contributed by atoms with van der Waals surface area (Å²) in [7, 11) is 4.98. The summed E-state index contributed by atoms with van der Waals surface area (Å²) < 4.78 is 4.30. The van der Waals surface area contributed by atoms with Gasteiger partial charge in [0.15, 0.2) is 11.2 Å². The van der Waals surface area contributed by atoms with Crippen LogP contribution in [-0.4, -0.2) is 25.7 Å². The van der Waals surface area contributed by atoms with Gasteiger partial charge >= 0.3 is 5.69 Å². The van der Waals surface area contributed by atoms with Gasteiger partial charge in [-0.2, -0.15) is 0 Å². The lowest BCUT2D eigenvalue weighted by Crippen LogP contribution is -2.37.